The van der Waals surface area contributed by atoms with Gasteiger partial charge in [-0.05, 0) is 22.0 Å². The van der Waals surface area contributed by atoms with Gasteiger partial charge in [0.25, 0.3) is 0 Å². The molecule has 0 radical (unpaired) electrons. The Morgan fingerprint density at radius 2 is 2.00 bits per heavy atom. The van der Waals surface area contributed by atoms with Gasteiger partial charge in [-0.1, -0.05) is 0 Å². The van der Waals surface area contributed by atoms with E-state index in [1.807, 2.05) is 4.72 Å². The van der Waals surface area contributed by atoms with Crippen LogP contribution in [0.4, 0.5) is 14.5 Å². The van der Waals surface area contributed by atoms with Crippen molar-refractivity contribution in [1.29, 1.82) is 0 Å². The first-order valence-corrected chi connectivity index (χ1v) is 6.15. The minimum Gasteiger partial charge on any atom is -0.316 e. The molecule has 0 aromatic heterocycles. The highest BCUT2D eigenvalue weighted by Gasteiger charge is 2.14. The van der Waals surface area contributed by atoms with Gasteiger partial charge in [-0.15, -0.1) is 0 Å². The minimum absolute atomic E-state index is 0.169. The van der Waals surface area contributed by atoms with Crippen LogP contribution in [0.2, 0.25) is 0 Å². The third-order valence-corrected chi connectivity index (χ3v) is 3.02. The molecule has 1 rings (SSSR count). The Balaban J connectivity index is 3.16. The first-order valence-electron chi connectivity index (χ1n) is 3.71. The summed E-state index contributed by atoms with van der Waals surface area (Å²) in [6, 6.07) is 1.61. The summed E-state index contributed by atoms with van der Waals surface area (Å²) in [7, 11) is -3.83. The van der Waals surface area contributed by atoms with Crippen molar-refractivity contribution in [3.8, 4) is 0 Å². The van der Waals surface area contributed by atoms with E-state index in [9.17, 15) is 17.2 Å². The summed E-state index contributed by atoms with van der Waals surface area (Å²) in [5.41, 5.74) is 4.42. The van der Waals surface area contributed by atoms with Gasteiger partial charge in [0.15, 0.2) is 5.82 Å². The van der Waals surface area contributed by atoms with E-state index in [-0.39, 0.29) is 4.47 Å². The van der Waals surface area contributed by atoms with Crippen LogP contribution in [-0.2, 0) is 10.0 Å². The van der Waals surface area contributed by atoms with Gasteiger partial charge in [-0.2, -0.15) is 0 Å². The quantitative estimate of drug-likeness (QED) is 0.829. The Hall–Kier alpha value is -0.730. The van der Waals surface area contributed by atoms with Crippen LogP contribution < -0.4 is 10.5 Å². The monoisotopic (exact) mass is 300 g/mol. The standard InChI is InChI=1S/C7H7BrF2N2O2S/c8-5-1-4(9)2-6(7(5)10)12-15(13,14)3-11/h1-2,12H,3,11H2. The van der Waals surface area contributed by atoms with E-state index in [0.717, 1.165) is 12.1 Å². The third kappa shape index (κ3) is 3.11. The smallest absolute Gasteiger partial charge is 0.245 e. The molecule has 0 saturated heterocycles. The highest BCUT2D eigenvalue weighted by atomic mass is 79.9. The summed E-state index contributed by atoms with van der Waals surface area (Å²) in [5.74, 6) is -2.37. The van der Waals surface area contributed by atoms with Crippen LogP contribution in [-0.4, -0.2) is 14.3 Å². The zero-order chi connectivity index (χ0) is 11.6. The summed E-state index contributed by atoms with van der Waals surface area (Å²) in [6.07, 6.45) is 0. The van der Waals surface area contributed by atoms with Gasteiger partial charge in [-0.3, -0.25) is 4.72 Å². The summed E-state index contributed by atoms with van der Waals surface area (Å²) >= 11 is 2.75. The summed E-state index contributed by atoms with van der Waals surface area (Å²) in [6.45, 7) is 0. The van der Waals surface area contributed by atoms with Crippen LogP contribution in [0.15, 0.2) is 16.6 Å². The van der Waals surface area contributed by atoms with Crippen molar-refractivity contribution in [2.45, 2.75) is 0 Å². The van der Waals surface area contributed by atoms with Crippen molar-refractivity contribution in [2.24, 2.45) is 5.73 Å². The van der Waals surface area contributed by atoms with E-state index in [0.29, 0.717) is 0 Å². The molecule has 0 spiro atoms. The van der Waals surface area contributed by atoms with E-state index >= 15 is 0 Å². The van der Waals surface area contributed by atoms with Crippen molar-refractivity contribution in [3.05, 3.63) is 28.2 Å². The molecule has 0 heterocycles. The highest BCUT2D eigenvalue weighted by molar-refractivity contribution is 9.10. The molecular formula is C7H7BrF2N2O2S. The van der Waals surface area contributed by atoms with E-state index in [4.69, 9.17) is 5.73 Å². The van der Waals surface area contributed by atoms with Crippen LogP contribution in [0.5, 0.6) is 0 Å². The number of nitrogens with one attached hydrogen (secondary N) is 1. The molecule has 0 atom stereocenters. The molecule has 0 aliphatic carbocycles. The average molecular weight is 301 g/mol. The number of benzene rings is 1. The van der Waals surface area contributed by atoms with Crippen molar-refractivity contribution in [1.82, 2.24) is 0 Å². The van der Waals surface area contributed by atoms with Crippen LogP contribution in [0.3, 0.4) is 0 Å². The van der Waals surface area contributed by atoms with Gasteiger partial charge in [0.05, 0.1) is 10.2 Å². The molecule has 0 saturated carbocycles. The van der Waals surface area contributed by atoms with Gasteiger partial charge in [0, 0.05) is 6.07 Å². The van der Waals surface area contributed by atoms with Crippen LogP contribution >= 0.6 is 15.9 Å². The molecule has 84 valence electrons. The first kappa shape index (κ1) is 12.3. The van der Waals surface area contributed by atoms with Gasteiger partial charge < -0.3 is 5.73 Å². The minimum atomic E-state index is -3.83. The fourth-order valence-electron chi connectivity index (χ4n) is 0.839. The Labute approximate surface area is 93.6 Å². The van der Waals surface area contributed by atoms with Crippen molar-refractivity contribution in [2.75, 3.05) is 10.6 Å². The molecule has 0 aliphatic rings. The molecule has 3 N–H and O–H groups in total. The normalized spacial score (nSPS) is 11.5. The van der Waals surface area contributed by atoms with Crippen molar-refractivity contribution < 1.29 is 17.2 Å². The number of sulfonamides is 1. The van der Waals surface area contributed by atoms with Gasteiger partial charge in [-0.25, -0.2) is 17.2 Å². The van der Waals surface area contributed by atoms with Gasteiger partial charge >= 0.3 is 0 Å². The van der Waals surface area contributed by atoms with Gasteiger partial charge in [0.2, 0.25) is 10.0 Å². The second-order valence-corrected chi connectivity index (χ2v) is 5.25. The first-order chi connectivity index (χ1) is 6.85. The Kier molecular flexibility index (Phi) is 3.63. The van der Waals surface area contributed by atoms with Crippen LogP contribution in [0, 0.1) is 11.6 Å². The molecule has 1 aromatic rings. The largest absolute Gasteiger partial charge is 0.316 e. The highest BCUT2D eigenvalue weighted by Crippen LogP contribution is 2.25. The van der Waals surface area contributed by atoms with Gasteiger partial charge in [0.1, 0.15) is 11.7 Å². The van der Waals surface area contributed by atoms with Crippen molar-refractivity contribution >= 4 is 31.6 Å². The lowest BCUT2D eigenvalue weighted by atomic mass is 10.3. The maximum atomic E-state index is 13.3. The van der Waals surface area contributed by atoms with E-state index in [1.54, 1.807) is 0 Å². The molecular weight excluding hydrogens is 294 g/mol. The number of anilines is 1. The molecule has 0 bridgehead atoms. The summed E-state index contributed by atoms with van der Waals surface area (Å²) in [5, 5.41) is 0. The molecule has 15 heavy (non-hydrogen) atoms. The summed E-state index contributed by atoms with van der Waals surface area (Å²) < 4.78 is 49.7. The Morgan fingerprint density at radius 1 is 1.40 bits per heavy atom. The fraction of sp³-hybridized carbons (Fsp3) is 0.143. The van der Waals surface area contributed by atoms with Crippen LogP contribution in [0.1, 0.15) is 0 Å². The second-order valence-electron chi connectivity index (χ2n) is 2.63. The predicted octanol–water partition coefficient (Wildman–Crippen LogP) is 1.39. The number of nitrogens with two attached hydrogens (primary N) is 1. The van der Waals surface area contributed by atoms with E-state index in [2.05, 4.69) is 15.9 Å². The lowest BCUT2D eigenvalue weighted by Gasteiger charge is -2.08. The molecule has 0 amide bonds. The van der Waals surface area contributed by atoms with E-state index in [1.165, 1.54) is 0 Å². The molecule has 0 aliphatic heterocycles. The fourth-order valence-corrected chi connectivity index (χ4v) is 1.84. The molecule has 0 fully saturated rings. The number of halogens is 3. The van der Waals surface area contributed by atoms with Crippen molar-refractivity contribution in [3.63, 3.8) is 0 Å². The maximum Gasteiger partial charge on any atom is 0.245 e. The van der Waals surface area contributed by atoms with Crippen LogP contribution in [0.25, 0.3) is 0 Å². The lowest BCUT2D eigenvalue weighted by molar-refractivity contribution is 0.591. The SMILES string of the molecule is NCS(=O)(=O)Nc1cc(F)cc(Br)c1F. The predicted molar refractivity (Wildman–Crippen MR) is 55.7 cm³/mol. The Bertz CT molecular complexity index is 478. The zero-order valence-corrected chi connectivity index (χ0v) is 9.70. The molecule has 4 nitrogen and oxygen atoms in total. The topological polar surface area (TPSA) is 72.2 Å². The maximum absolute atomic E-state index is 13.3. The zero-order valence-electron chi connectivity index (χ0n) is 7.30. The second kappa shape index (κ2) is 4.42. The number of hydrogen-bond donors (Lipinski definition) is 2. The Morgan fingerprint density at radius 3 is 2.53 bits per heavy atom. The molecule has 1 aromatic carbocycles. The van der Waals surface area contributed by atoms with E-state index < -0.39 is 33.2 Å². The molecule has 8 heteroatoms. The lowest BCUT2D eigenvalue weighted by Crippen LogP contribution is -2.22. The summed E-state index contributed by atoms with van der Waals surface area (Å²) in [4.78, 5) is 0. The number of rotatable bonds is 3. The third-order valence-electron chi connectivity index (χ3n) is 1.48. The number of hydrogen-bond acceptors (Lipinski definition) is 3. The average Bonchev–Trinajstić information content (AvgIpc) is 2.13. The molecule has 0 unspecified atom stereocenters.